The number of hydrogen-bond acceptors (Lipinski definition) is 10. The Balaban J connectivity index is 0.000000163. The Labute approximate surface area is 321 Å². The number of nitrogens with two attached hydrogens (primary N) is 2. The summed E-state index contributed by atoms with van der Waals surface area (Å²) in [6.45, 7) is 2.89. The molecule has 14 nitrogen and oxygen atoms in total. The molecule has 6 heterocycles. The van der Waals surface area contributed by atoms with Crippen molar-refractivity contribution in [2.24, 2.45) is 17.4 Å². The lowest BCUT2D eigenvalue weighted by Gasteiger charge is -2.39. The Morgan fingerprint density at radius 2 is 1.36 bits per heavy atom. The highest BCUT2D eigenvalue weighted by molar-refractivity contribution is 5.90. The molecule has 4 bridgehead atoms. The van der Waals surface area contributed by atoms with E-state index in [1.807, 2.05) is 24.1 Å². The van der Waals surface area contributed by atoms with Crippen LogP contribution in [0.2, 0.25) is 0 Å². The van der Waals surface area contributed by atoms with E-state index in [0.29, 0.717) is 25.6 Å². The second-order valence-corrected chi connectivity index (χ2v) is 16.7. The molecule has 10 atom stereocenters. The van der Waals surface area contributed by atoms with Crippen molar-refractivity contribution in [2.45, 2.75) is 98.9 Å². The summed E-state index contributed by atoms with van der Waals surface area (Å²) in [6.07, 6.45) is 4.95. The van der Waals surface area contributed by atoms with Gasteiger partial charge in [0.15, 0.2) is 0 Å². The Morgan fingerprint density at radius 3 is 1.96 bits per heavy atom. The van der Waals surface area contributed by atoms with Crippen molar-refractivity contribution in [3.05, 3.63) is 59.7 Å². The first-order valence-corrected chi connectivity index (χ1v) is 19.8. The molecule has 286 valence electrons. The molecular formula is C41H48N10O4. The smallest absolute Gasteiger partial charge is 0.242 e. The number of piperazine rings is 2. The SMILES string of the molecule is CN1C(=O)[C@@H]2CC1CN2C[C@H](N)C(=O)N1CCC[C@H]1C#N.N#C[C@@H]1C[C@@H]2C[C@@H]2N1C(=O)[C@@H](N)CN1CC2C[C@H]1C(=O)N2C1c2ccccc2-c2ccccc21. The molecule has 2 aromatic rings. The fourth-order valence-electron chi connectivity index (χ4n) is 10.8. The number of carbonyl (C=O) groups is 4. The molecule has 4 amide bonds. The third-order valence-electron chi connectivity index (χ3n) is 13.6. The zero-order chi connectivity index (χ0) is 38.3. The second-order valence-electron chi connectivity index (χ2n) is 16.7. The monoisotopic (exact) mass is 744 g/mol. The molecule has 6 saturated heterocycles. The van der Waals surface area contributed by atoms with Crippen LogP contribution in [0.3, 0.4) is 0 Å². The minimum atomic E-state index is -0.705. The van der Waals surface area contributed by atoms with Crippen LogP contribution in [0, 0.1) is 28.6 Å². The van der Waals surface area contributed by atoms with E-state index in [2.05, 4.69) is 58.3 Å². The standard InChI is InChI=1S/C27H27N5O2.C14H21N5O2/c28-12-16-9-15-10-23(15)31(16)26(33)22(29)14-30-13-17-11-24(30)27(34)32(17)25-20-7-3-1-5-18(20)19-6-2-4-8-21(19)25;1-17-10-5-12(14(17)21)18(7-10)8-11(16)13(20)19-4-2-3-9(19)6-15/h1-8,15-17,22-25H,9-11,13-14,29H2;9-12H,2-5,7-8,16H2,1H3/t15-,16+,17?,22+,23+,24+;9-,10?,11-,12-/m10/s1. The van der Waals surface area contributed by atoms with E-state index in [9.17, 15) is 24.4 Å². The number of hydrogen-bond donors (Lipinski definition) is 2. The maximum absolute atomic E-state index is 13.7. The molecular weight excluding hydrogens is 697 g/mol. The first-order valence-electron chi connectivity index (χ1n) is 19.8. The maximum atomic E-state index is 13.7. The van der Waals surface area contributed by atoms with Crippen LogP contribution in [0.5, 0.6) is 0 Å². The summed E-state index contributed by atoms with van der Waals surface area (Å²) in [5.41, 5.74) is 17.2. The number of rotatable bonds is 7. The van der Waals surface area contributed by atoms with Gasteiger partial charge in [0.2, 0.25) is 23.6 Å². The molecule has 1 saturated carbocycles. The third kappa shape index (κ3) is 5.81. The molecule has 55 heavy (non-hydrogen) atoms. The predicted molar refractivity (Wildman–Crippen MR) is 200 cm³/mol. The Hall–Kier alpha value is -4.86. The number of likely N-dealkylation sites (N-methyl/N-ethyl adjacent to an activating group) is 1. The number of carbonyl (C=O) groups excluding carboxylic acids is 4. The van der Waals surface area contributed by atoms with E-state index in [-0.39, 0.29) is 72.0 Å². The molecule has 4 N–H and O–H groups in total. The van der Waals surface area contributed by atoms with Gasteiger partial charge >= 0.3 is 0 Å². The lowest BCUT2D eigenvalue weighted by atomic mass is 10.0. The second kappa shape index (κ2) is 13.7. The highest BCUT2D eigenvalue weighted by Crippen LogP contribution is 2.51. The Bertz CT molecular complexity index is 1970. The first kappa shape index (κ1) is 35.8. The van der Waals surface area contributed by atoms with Crippen molar-refractivity contribution in [3.63, 3.8) is 0 Å². The number of likely N-dealkylation sites (tertiary alicyclic amines) is 6. The topological polar surface area (TPSA) is 187 Å². The molecule has 10 rings (SSSR count). The van der Waals surface area contributed by atoms with Crippen LogP contribution >= 0.6 is 0 Å². The average molecular weight is 745 g/mol. The normalized spacial score (nSPS) is 32.5. The highest BCUT2D eigenvalue weighted by atomic mass is 16.2. The maximum Gasteiger partial charge on any atom is 0.242 e. The van der Waals surface area contributed by atoms with Crippen molar-refractivity contribution < 1.29 is 19.2 Å². The third-order valence-corrected chi connectivity index (χ3v) is 13.6. The zero-order valence-corrected chi connectivity index (χ0v) is 31.1. The van der Waals surface area contributed by atoms with Gasteiger partial charge in [-0.15, -0.1) is 0 Å². The number of amides is 4. The van der Waals surface area contributed by atoms with Gasteiger partial charge in [0.05, 0.1) is 42.3 Å². The summed E-state index contributed by atoms with van der Waals surface area (Å²) in [6, 6.07) is 19.3. The molecule has 6 aliphatic heterocycles. The fourth-order valence-corrected chi connectivity index (χ4v) is 10.8. The van der Waals surface area contributed by atoms with Crippen molar-refractivity contribution >= 4 is 23.6 Å². The Morgan fingerprint density at radius 1 is 0.782 bits per heavy atom. The van der Waals surface area contributed by atoms with Crippen LogP contribution in [-0.2, 0) is 19.2 Å². The molecule has 8 aliphatic rings. The van der Waals surface area contributed by atoms with Gasteiger partial charge in [0.1, 0.15) is 12.1 Å². The van der Waals surface area contributed by atoms with E-state index >= 15 is 0 Å². The van der Waals surface area contributed by atoms with Gasteiger partial charge < -0.3 is 31.1 Å². The van der Waals surface area contributed by atoms with Crippen LogP contribution in [0.4, 0.5) is 0 Å². The highest BCUT2D eigenvalue weighted by Gasteiger charge is 2.57. The summed E-state index contributed by atoms with van der Waals surface area (Å²) in [7, 11) is 1.83. The average Bonchev–Trinajstić information content (AvgIpc) is 3.89. The molecule has 14 heteroatoms. The van der Waals surface area contributed by atoms with Crippen molar-refractivity contribution in [2.75, 3.05) is 39.8 Å². The van der Waals surface area contributed by atoms with Gasteiger partial charge in [-0.1, -0.05) is 48.5 Å². The molecule has 0 aromatic heterocycles. The van der Waals surface area contributed by atoms with E-state index in [0.717, 1.165) is 51.6 Å². The molecule has 2 aromatic carbocycles. The van der Waals surface area contributed by atoms with Gasteiger partial charge in [0.25, 0.3) is 0 Å². The quantitative estimate of drug-likeness (QED) is 0.407. The van der Waals surface area contributed by atoms with Crippen LogP contribution in [0.15, 0.2) is 48.5 Å². The molecule has 0 radical (unpaired) electrons. The predicted octanol–water partition coefficient (Wildman–Crippen LogP) is 0.625. The van der Waals surface area contributed by atoms with Crippen LogP contribution in [0.25, 0.3) is 11.1 Å². The van der Waals surface area contributed by atoms with Crippen molar-refractivity contribution in [1.29, 1.82) is 10.5 Å². The van der Waals surface area contributed by atoms with Gasteiger partial charge in [0, 0.05) is 57.9 Å². The largest absolute Gasteiger partial charge is 0.340 e. The lowest BCUT2D eigenvalue weighted by Crippen LogP contribution is -2.57. The van der Waals surface area contributed by atoms with Gasteiger partial charge in [-0.05, 0) is 66.7 Å². The fraction of sp³-hybridized carbons (Fsp3) is 0.561. The number of benzene rings is 2. The first-order chi connectivity index (χ1) is 26.6. The van der Waals surface area contributed by atoms with Crippen LogP contribution < -0.4 is 11.5 Å². The zero-order valence-electron chi connectivity index (χ0n) is 31.1. The summed E-state index contributed by atoms with van der Waals surface area (Å²) in [5.74, 6) is 0.425. The van der Waals surface area contributed by atoms with E-state index < -0.39 is 12.1 Å². The number of nitriles is 2. The molecule has 2 aliphatic carbocycles. The summed E-state index contributed by atoms with van der Waals surface area (Å²) >= 11 is 0. The minimum Gasteiger partial charge on any atom is -0.340 e. The number of fused-ring (bicyclic) bond motifs is 8. The number of piperidine rings is 1. The summed E-state index contributed by atoms with van der Waals surface area (Å²) in [4.78, 5) is 62.4. The van der Waals surface area contributed by atoms with Crippen molar-refractivity contribution in [3.8, 4) is 23.3 Å². The van der Waals surface area contributed by atoms with E-state index in [4.69, 9.17) is 16.7 Å². The minimum absolute atomic E-state index is 0.0554. The van der Waals surface area contributed by atoms with Crippen molar-refractivity contribution in [1.82, 2.24) is 29.4 Å². The van der Waals surface area contributed by atoms with Crippen LogP contribution in [-0.4, -0.2) is 147 Å². The van der Waals surface area contributed by atoms with Crippen LogP contribution in [0.1, 0.15) is 55.7 Å². The summed E-state index contributed by atoms with van der Waals surface area (Å²) in [5, 5.41) is 18.5. The number of nitrogens with zero attached hydrogens (tertiary/aromatic N) is 8. The van der Waals surface area contributed by atoms with Gasteiger partial charge in [-0.25, -0.2) is 0 Å². The molecule has 2 unspecified atom stereocenters. The van der Waals surface area contributed by atoms with E-state index in [1.54, 1.807) is 14.7 Å². The Kier molecular flexibility index (Phi) is 8.93. The summed E-state index contributed by atoms with van der Waals surface area (Å²) < 4.78 is 0. The van der Waals surface area contributed by atoms with E-state index in [1.165, 1.54) is 22.3 Å². The molecule has 7 fully saturated rings. The van der Waals surface area contributed by atoms with Gasteiger partial charge in [-0.2, -0.15) is 10.5 Å². The van der Waals surface area contributed by atoms with Gasteiger partial charge in [-0.3, -0.25) is 29.0 Å². The molecule has 0 spiro atoms. The lowest BCUT2D eigenvalue weighted by molar-refractivity contribution is -0.140.